The van der Waals surface area contributed by atoms with Gasteiger partial charge >= 0.3 is 0 Å². The smallest absolute Gasteiger partial charge is 0.228 e. The fourth-order valence-electron chi connectivity index (χ4n) is 3.61. The Balaban J connectivity index is 1.49. The number of nitrogens with zero attached hydrogens (tertiary/aromatic N) is 2. The molecule has 1 aromatic rings. The van der Waals surface area contributed by atoms with Crippen LogP contribution in [0.1, 0.15) is 13.3 Å². The molecule has 7 heteroatoms. The molecule has 2 saturated heterocycles. The Morgan fingerprint density at radius 3 is 2.76 bits per heavy atom. The summed E-state index contributed by atoms with van der Waals surface area (Å²) in [7, 11) is 0. The minimum Gasteiger partial charge on any atom is -0.486 e. The van der Waals surface area contributed by atoms with E-state index in [9.17, 15) is 9.59 Å². The second-order valence-corrected chi connectivity index (χ2v) is 6.69. The summed E-state index contributed by atoms with van der Waals surface area (Å²) in [5.41, 5.74) is 0.750. The number of morpholine rings is 1. The van der Waals surface area contributed by atoms with Gasteiger partial charge in [-0.1, -0.05) is 0 Å². The fraction of sp³-hybridized carbons (Fsp3) is 0.556. The molecule has 7 nitrogen and oxygen atoms in total. The standard InChI is InChI=1S/C18H22N2O5/c1-12-11-23-5-4-19(12)18(22)13-8-17(21)20(10-13)14-2-3-15-16(9-14)25-7-6-24-15/h2-3,9,12-13H,4-8,10-11H2,1H3/t12-,13+/m1/s1. The normalized spacial score (nSPS) is 26.0. The molecule has 3 aliphatic heterocycles. The Bertz CT molecular complexity index is 692. The number of fused-ring (bicyclic) bond motifs is 1. The largest absolute Gasteiger partial charge is 0.486 e. The molecule has 0 saturated carbocycles. The molecule has 1 aromatic carbocycles. The van der Waals surface area contributed by atoms with E-state index in [0.29, 0.717) is 51.0 Å². The SMILES string of the molecule is C[C@@H]1COCCN1C(=O)[C@H]1CC(=O)N(c2ccc3c(c2)OCCO3)C1. The number of anilines is 1. The van der Waals surface area contributed by atoms with Gasteiger partial charge in [-0.15, -0.1) is 0 Å². The highest BCUT2D eigenvalue weighted by Crippen LogP contribution is 2.36. The summed E-state index contributed by atoms with van der Waals surface area (Å²) in [4.78, 5) is 28.8. The predicted octanol–water partition coefficient (Wildman–Crippen LogP) is 1.06. The van der Waals surface area contributed by atoms with Gasteiger partial charge in [0.05, 0.1) is 25.2 Å². The van der Waals surface area contributed by atoms with Gasteiger partial charge in [-0.25, -0.2) is 0 Å². The molecule has 4 rings (SSSR count). The number of amides is 2. The molecule has 2 amide bonds. The molecular formula is C18H22N2O5. The van der Waals surface area contributed by atoms with Crippen molar-refractivity contribution in [2.75, 3.05) is 44.4 Å². The van der Waals surface area contributed by atoms with Crippen molar-refractivity contribution in [2.24, 2.45) is 5.92 Å². The number of hydrogen-bond acceptors (Lipinski definition) is 5. The average Bonchev–Trinajstić information content (AvgIpc) is 3.03. The van der Waals surface area contributed by atoms with E-state index in [0.717, 1.165) is 5.69 Å². The summed E-state index contributed by atoms with van der Waals surface area (Å²) in [5, 5.41) is 0. The van der Waals surface area contributed by atoms with Crippen molar-refractivity contribution in [3.63, 3.8) is 0 Å². The Morgan fingerprint density at radius 2 is 1.96 bits per heavy atom. The van der Waals surface area contributed by atoms with E-state index in [1.54, 1.807) is 4.90 Å². The number of carbonyl (C=O) groups excluding carboxylic acids is 2. The van der Waals surface area contributed by atoms with Crippen molar-refractivity contribution in [1.29, 1.82) is 0 Å². The highest BCUT2D eigenvalue weighted by atomic mass is 16.6. The molecule has 134 valence electrons. The lowest BCUT2D eigenvalue weighted by molar-refractivity contribution is -0.143. The third kappa shape index (κ3) is 3.04. The topological polar surface area (TPSA) is 68.3 Å². The molecule has 2 atom stereocenters. The molecule has 3 heterocycles. The third-order valence-corrected chi connectivity index (χ3v) is 4.96. The first kappa shape index (κ1) is 16.2. The third-order valence-electron chi connectivity index (χ3n) is 4.96. The van der Waals surface area contributed by atoms with Crippen LogP contribution in [0.4, 0.5) is 5.69 Å². The van der Waals surface area contributed by atoms with Crippen molar-refractivity contribution < 1.29 is 23.8 Å². The molecule has 2 fully saturated rings. The van der Waals surface area contributed by atoms with E-state index in [-0.39, 0.29) is 30.2 Å². The second kappa shape index (κ2) is 6.55. The number of rotatable bonds is 2. The van der Waals surface area contributed by atoms with Crippen LogP contribution in [-0.4, -0.2) is 62.3 Å². The monoisotopic (exact) mass is 346 g/mol. The van der Waals surface area contributed by atoms with E-state index in [1.807, 2.05) is 30.0 Å². The maximum absolute atomic E-state index is 12.8. The van der Waals surface area contributed by atoms with Crippen LogP contribution in [0, 0.1) is 5.92 Å². The number of benzene rings is 1. The van der Waals surface area contributed by atoms with Gasteiger partial charge in [0, 0.05) is 31.3 Å². The highest BCUT2D eigenvalue weighted by molar-refractivity contribution is 6.00. The van der Waals surface area contributed by atoms with Crippen LogP contribution in [0.15, 0.2) is 18.2 Å². The van der Waals surface area contributed by atoms with Crippen LogP contribution in [0.25, 0.3) is 0 Å². The second-order valence-electron chi connectivity index (χ2n) is 6.69. The van der Waals surface area contributed by atoms with Crippen LogP contribution in [0.2, 0.25) is 0 Å². The Labute approximate surface area is 146 Å². The van der Waals surface area contributed by atoms with Gasteiger partial charge in [-0.2, -0.15) is 0 Å². The fourth-order valence-corrected chi connectivity index (χ4v) is 3.61. The number of ether oxygens (including phenoxy) is 3. The van der Waals surface area contributed by atoms with Gasteiger partial charge in [-0.05, 0) is 19.1 Å². The quantitative estimate of drug-likeness (QED) is 0.801. The van der Waals surface area contributed by atoms with E-state index in [4.69, 9.17) is 14.2 Å². The molecule has 0 unspecified atom stereocenters. The first-order chi connectivity index (χ1) is 12.1. The number of hydrogen-bond donors (Lipinski definition) is 0. The van der Waals surface area contributed by atoms with Gasteiger partial charge in [0.2, 0.25) is 11.8 Å². The zero-order chi connectivity index (χ0) is 17.4. The number of carbonyl (C=O) groups is 2. The zero-order valence-corrected chi connectivity index (χ0v) is 14.3. The highest BCUT2D eigenvalue weighted by Gasteiger charge is 2.39. The van der Waals surface area contributed by atoms with Gasteiger partial charge in [0.1, 0.15) is 13.2 Å². The maximum atomic E-state index is 12.8. The molecule has 0 aromatic heterocycles. The van der Waals surface area contributed by atoms with Crippen molar-refractivity contribution in [3.8, 4) is 11.5 Å². The average molecular weight is 346 g/mol. The summed E-state index contributed by atoms with van der Waals surface area (Å²) in [6, 6.07) is 5.53. The molecule has 0 bridgehead atoms. The van der Waals surface area contributed by atoms with Crippen LogP contribution in [0.3, 0.4) is 0 Å². The Morgan fingerprint density at radius 1 is 1.16 bits per heavy atom. The van der Waals surface area contributed by atoms with Crippen LogP contribution in [0.5, 0.6) is 11.5 Å². The Hall–Kier alpha value is -2.28. The van der Waals surface area contributed by atoms with Gasteiger partial charge in [0.15, 0.2) is 11.5 Å². The lowest BCUT2D eigenvalue weighted by Gasteiger charge is -2.35. The van der Waals surface area contributed by atoms with Crippen LogP contribution >= 0.6 is 0 Å². The maximum Gasteiger partial charge on any atom is 0.228 e. The van der Waals surface area contributed by atoms with Crippen molar-refractivity contribution in [3.05, 3.63) is 18.2 Å². The summed E-state index contributed by atoms with van der Waals surface area (Å²) < 4.78 is 16.5. The summed E-state index contributed by atoms with van der Waals surface area (Å²) in [5.74, 6) is 1.05. The molecule has 0 N–H and O–H groups in total. The lowest BCUT2D eigenvalue weighted by atomic mass is 10.1. The zero-order valence-electron chi connectivity index (χ0n) is 14.3. The van der Waals surface area contributed by atoms with Crippen molar-refractivity contribution in [1.82, 2.24) is 4.90 Å². The van der Waals surface area contributed by atoms with Gasteiger partial charge in [0.25, 0.3) is 0 Å². The lowest BCUT2D eigenvalue weighted by Crippen LogP contribution is -2.49. The van der Waals surface area contributed by atoms with Crippen LogP contribution < -0.4 is 14.4 Å². The van der Waals surface area contributed by atoms with Gasteiger partial charge < -0.3 is 24.0 Å². The molecule has 0 aliphatic carbocycles. The minimum absolute atomic E-state index is 0.0315. The molecule has 0 radical (unpaired) electrons. The summed E-state index contributed by atoms with van der Waals surface area (Å²) >= 11 is 0. The van der Waals surface area contributed by atoms with Crippen molar-refractivity contribution in [2.45, 2.75) is 19.4 Å². The molecular weight excluding hydrogens is 324 g/mol. The van der Waals surface area contributed by atoms with E-state index >= 15 is 0 Å². The van der Waals surface area contributed by atoms with E-state index < -0.39 is 0 Å². The van der Waals surface area contributed by atoms with Crippen LogP contribution in [-0.2, 0) is 14.3 Å². The minimum atomic E-state index is -0.304. The van der Waals surface area contributed by atoms with Crippen molar-refractivity contribution >= 4 is 17.5 Å². The predicted molar refractivity (Wildman–Crippen MR) is 89.9 cm³/mol. The molecule has 25 heavy (non-hydrogen) atoms. The summed E-state index contributed by atoms with van der Waals surface area (Å²) in [6.07, 6.45) is 0.247. The summed E-state index contributed by atoms with van der Waals surface area (Å²) in [6.45, 7) is 5.12. The molecule has 3 aliphatic rings. The first-order valence-corrected chi connectivity index (χ1v) is 8.72. The first-order valence-electron chi connectivity index (χ1n) is 8.72. The van der Waals surface area contributed by atoms with Gasteiger partial charge in [-0.3, -0.25) is 9.59 Å². The molecule has 0 spiro atoms. The van der Waals surface area contributed by atoms with E-state index in [1.165, 1.54) is 0 Å². The Kier molecular flexibility index (Phi) is 4.25. The van der Waals surface area contributed by atoms with E-state index in [2.05, 4.69) is 0 Å².